The van der Waals surface area contributed by atoms with E-state index in [0.717, 1.165) is 18.9 Å². The Hall–Kier alpha value is -0.890. The topological polar surface area (TPSA) is 24.9 Å². The summed E-state index contributed by atoms with van der Waals surface area (Å²) in [5, 5.41) is 3.28. The van der Waals surface area contributed by atoms with Gasteiger partial charge in [0, 0.05) is 24.4 Å². The van der Waals surface area contributed by atoms with Gasteiger partial charge in [0.2, 0.25) is 0 Å². The Bertz CT molecular complexity index is 309. The van der Waals surface area contributed by atoms with Gasteiger partial charge in [-0.05, 0) is 37.4 Å². The molecule has 1 aromatic rings. The second kappa shape index (κ2) is 4.09. The highest BCUT2D eigenvalue weighted by molar-refractivity contribution is 5.28. The highest BCUT2D eigenvalue weighted by atomic mass is 14.8. The van der Waals surface area contributed by atoms with Crippen LogP contribution in [-0.4, -0.2) is 18.6 Å². The zero-order valence-electron chi connectivity index (χ0n) is 8.96. The third kappa shape index (κ3) is 1.67. The summed E-state index contributed by atoms with van der Waals surface area (Å²) >= 11 is 0. The number of aromatic nitrogens is 1. The van der Waals surface area contributed by atoms with Crippen LogP contribution in [0.1, 0.15) is 30.5 Å². The summed E-state index contributed by atoms with van der Waals surface area (Å²) < 4.78 is 0. The van der Waals surface area contributed by atoms with E-state index in [1.807, 2.05) is 13.2 Å². The number of hydrogen-bond donors (Lipinski definition) is 1. The van der Waals surface area contributed by atoms with Crippen LogP contribution in [0.2, 0.25) is 0 Å². The fourth-order valence-electron chi connectivity index (χ4n) is 2.40. The molecular weight excluding hydrogens is 172 g/mol. The summed E-state index contributed by atoms with van der Waals surface area (Å²) in [7, 11) is 2.03. The van der Waals surface area contributed by atoms with Crippen LogP contribution in [0.25, 0.3) is 0 Å². The van der Waals surface area contributed by atoms with Gasteiger partial charge in [0.25, 0.3) is 0 Å². The number of fused-ring (bicyclic) bond motifs is 1. The summed E-state index contributed by atoms with van der Waals surface area (Å²) in [5.41, 5.74) is 2.77. The van der Waals surface area contributed by atoms with Crippen molar-refractivity contribution in [2.75, 3.05) is 13.6 Å². The van der Waals surface area contributed by atoms with Crippen molar-refractivity contribution in [2.24, 2.45) is 5.92 Å². The SMILES string of the molecule is CNCC1c2cccnc2CCC1C. The van der Waals surface area contributed by atoms with E-state index in [4.69, 9.17) is 0 Å². The zero-order valence-corrected chi connectivity index (χ0v) is 8.96. The number of aryl methyl sites for hydroxylation is 1. The molecule has 2 heteroatoms. The van der Waals surface area contributed by atoms with Crippen molar-refractivity contribution >= 4 is 0 Å². The standard InChI is InChI=1S/C12H18N2/c1-9-5-6-12-10(4-3-7-14-12)11(9)8-13-2/h3-4,7,9,11,13H,5-6,8H2,1-2H3. The number of rotatable bonds is 2. The maximum atomic E-state index is 4.46. The molecule has 76 valence electrons. The molecule has 1 aliphatic carbocycles. The Morgan fingerprint density at radius 2 is 2.43 bits per heavy atom. The molecule has 0 amide bonds. The number of hydrogen-bond acceptors (Lipinski definition) is 2. The summed E-state index contributed by atoms with van der Waals surface area (Å²) in [6.07, 6.45) is 4.33. The Labute approximate surface area is 85.7 Å². The van der Waals surface area contributed by atoms with Crippen LogP contribution in [-0.2, 0) is 6.42 Å². The van der Waals surface area contributed by atoms with E-state index in [1.54, 1.807) is 0 Å². The van der Waals surface area contributed by atoms with Gasteiger partial charge in [0.1, 0.15) is 0 Å². The normalized spacial score (nSPS) is 25.9. The monoisotopic (exact) mass is 190 g/mol. The third-order valence-corrected chi connectivity index (χ3v) is 3.27. The molecule has 2 nitrogen and oxygen atoms in total. The summed E-state index contributed by atoms with van der Waals surface area (Å²) in [4.78, 5) is 4.46. The van der Waals surface area contributed by atoms with Crippen LogP contribution in [0, 0.1) is 5.92 Å². The lowest BCUT2D eigenvalue weighted by Gasteiger charge is -2.30. The maximum Gasteiger partial charge on any atom is 0.0439 e. The van der Waals surface area contributed by atoms with Crippen LogP contribution in [0.4, 0.5) is 0 Å². The van der Waals surface area contributed by atoms with Gasteiger partial charge in [0.05, 0.1) is 0 Å². The van der Waals surface area contributed by atoms with E-state index < -0.39 is 0 Å². The van der Waals surface area contributed by atoms with Gasteiger partial charge in [-0.25, -0.2) is 0 Å². The first-order valence-corrected chi connectivity index (χ1v) is 5.41. The van der Waals surface area contributed by atoms with E-state index >= 15 is 0 Å². The van der Waals surface area contributed by atoms with Gasteiger partial charge in [-0.2, -0.15) is 0 Å². The van der Waals surface area contributed by atoms with E-state index in [1.165, 1.54) is 17.7 Å². The smallest absolute Gasteiger partial charge is 0.0439 e. The second-order valence-electron chi connectivity index (χ2n) is 4.22. The van der Waals surface area contributed by atoms with Gasteiger partial charge >= 0.3 is 0 Å². The zero-order chi connectivity index (χ0) is 9.97. The molecule has 0 aliphatic heterocycles. The van der Waals surface area contributed by atoms with Crippen molar-refractivity contribution in [2.45, 2.75) is 25.7 Å². The molecule has 0 bridgehead atoms. The molecule has 1 aromatic heterocycles. The Balaban J connectivity index is 2.31. The molecule has 0 radical (unpaired) electrons. The van der Waals surface area contributed by atoms with Crippen molar-refractivity contribution in [3.8, 4) is 0 Å². The Kier molecular flexibility index (Phi) is 2.82. The molecule has 14 heavy (non-hydrogen) atoms. The molecule has 0 aromatic carbocycles. The lowest BCUT2D eigenvalue weighted by atomic mass is 9.78. The molecule has 0 saturated heterocycles. The molecule has 2 unspecified atom stereocenters. The van der Waals surface area contributed by atoms with E-state index in [2.05, 4.69) is 29.4 Å². The molecule has 1 N–H and O–H groups in total. The third-order valence-electron chi connectivity index (χ3n) is 3.27. The molecule has 0 fully saturated rings. The van der Waals surface area contributed by atoms with Gasteiger partial charge < -0.3 is 5.32 Å². The molecule has 0 spiro atoms. The van der Waals surface area contributed by atoms with Crippen molar-refractivity contribution in [3.63, 3.8) is 0 Å². The first kappa shape index (κ1) is 9.66. The van der Waals surface area contributed by atoms with Gasteiger partial charge in [-0.15, -0.1) is 0 Å². The van der Waals surface area contributed by atoms with Crippen molar-refractivity contribution < 1.29 is 0 Å². The highest BCUT2D eigenvalue weighted by Gasteiger charge is 2.26. The molecular formula is C12H18N2. The molecule has 1 heterocycles. The number of nitrogens with one attached hydrogen (secondary N) is 1. The first-order chi connectivity index (χ1) is 6.83. The van der Waals surface area contributed by atoms with E-state index in [9.17, 15) is 0 Å². The fraction of sp³-hybridized carbons (Fsp3) is 0.583. The van der Waals surface area contributed by atoms with E-state index in [-0.39, 0.29) is 0 Å². The van der Waals surface area contributed by atoms with E-state index in [0.29, 0.717) is 5.92 Å². The highest BCUT2D eigenvalue weighted by Crippen LogP contribution is 2.34. The predicted octanol–water partition coefficient (Wildman–Crippen LogP) is 1.97. The summed E-state index contributed by atoms with van der Waals surface area (Å²) in [6.45, 7) is 3.41. The first-order valence-electron chi connectivity index (χ1n) is 5.41. The minimum atomic E-state index is 0.650. The van der Waals surface area contributed by atoms with Crippen molar-refractivity contribution in [3.05, 3.63) is 29.6 Å². The molecule has 2 atom stereocenters. The van der Waals surface area contributed by atoms with Crippen LogP contribution in [0.15, 0.2) is 18.3 Å². The Morgan fingerprint density at radius 1 is 1.57 bits per heavy atom. The summed E-state index contributed by atoms with van der Waals surface area (Å²) in [6, 6.07) is 4.29. The minimum Gasteiger partial charge on any atom is -0.319 e. The number of likely N-dealkylation sites (N-methyl/N-ethyl adjacent to an activating group) is 1. The average Bonchev–Trinajstić information content (AvgIpc) is 2.23. The number of nitrogens with zero attached hydrogens (tertiary/aromatic N) is 1. The van der Waals surface area contributed by atoms with Gasteiger partial charge in [-0.1, -0.05) is 13.0 Å². The predicted molar refractivity (Wildman–Crippen MR) is 58.4 cm³/mol. The summed E-state index contributed by atoms with van der Waals surface area (Å²) in [5.74, 6) is 1.43. The van der Waals surface area contributed by atoms with Crippen LogP contribution >= 0.6 is 0 Å². The average molecular weight is 190 g/mol. The maximum absolute atomic E-state index is 4.46. The lowest BCUT2D eigenvalue weighted by molar-refractivity contribution is 0.388. The van der Waals surface area contributed by atoms with Crippen molar-refractivity contribution in [1.29, 1.82) is 0 Å². The second-order valence-corrected chi connectivity index (χ2v) is 4.22. The molecule has 0 saturated carbocycles. The largest absolute Gasteiger partial charge is 0.319 e. The quantitative estimate of drug-likeness (QED) is 0.771. The van der Waals surface area contributed by atoms with Crippen molar-refractivity contribution in [1.82, 2.24) is 10.3 Å². The fourth-order valence-corrected chi connectivity index (χ4v) is 2.40. The van der Waals surface area contributed by atoms with Gasteiger partial charge in [0.15, 0.2) is 0 Å². The minimum absolute atomic E-state index is 0.650. The molecule has 1 aliphatic rings. The Morgan fingerprint density at radius 3 is 3.21 bits per heavy atom. The van der Waals surface area contributed by atoms with Crippen LogP contribution < -0.4 is 5.32 Å². The van der Waals surface area contributed by atoms with Crippen LogP contribution in [0.3, 0.4) is 0 Å². The van der Waals surface area contributed by atoms with Crippen LogP contribution in [0.5, 0.6) is 0 Å². The number of pyridine rings is 1. The van der Waals surface area contributed by atoms with Gasteiger partial charge in [-0.3, -0.25) is 4.98 Å². The lowest BCUT2D eigenvalue weighted by Crippen LogP contribution is -2.27. The molecule has 2 rings (SSSR count).